The molecule has 0 saturated carbocycles. The van der Waals surface area contributed by atoms with Crippen LogP contribution in [0.2, 0.25) is 0 Å². The first kappa shape index (κ1) is 23.0. The minimum Gasteiger partial charge on any atom is -0.384 e. The molecule has 1 N–H and O–H groups in total. The molecule has 1 atom stereocenters. The summed E-state index contributed by atoms with van der Waals surface area (Å²) >= 11 is 0. The van der Waals surface area contributed by atoms with E-state index in [-0.39, 0.29) is 17.6 Å². The number of piperidine rings is 1. The lowest BCUT2D eigenvalue weighted by Gasteiger charge is -2.33. The molecule has 0 aromatic carbocycles. The van der Waals surface area contributed by atoms with E-state index in [1.165, 1.54) is 6.92 Å². The zero-order valence-corrected chi connectivity index (χ0v) is 20.3. The van der Waals surface area contributed by atoms with Crippen LogP contribution in [0, 0.1) is 0 Å². The largest absolute Gasteiger partial charge is 0.384 e. The Morgan fingerprint density at radius 1 is 1.11 bits per heavy atom. The van der Waals surface area contributed by atoms with Crippen molar-refractivity contribution in [2.45, 2.75) is 31.9 Å². The number of aromatic nitrogens is 5. The second-order valence-electron chi connectivity index (χ2n) is 9.30. The summed E-state index contributed by atoms with van der Waals surface area (Å²) in [6, 6.07) is 7.68. The van der Waals surface area contributed by atoms with Gasteiger partial charge in [0.05, 0.1) is 28.4 Å². The number of hydrogen-bond donors (Lipinski definition) is 1. The molecule has 1 saturated heterocycles. The molecular formula is C25H29N7O3. The van der Waals surface area contributed by atoms with Gasteiger partial charge in [-0.25, -0.2) is 14.8 Å². The molecule has 0 unspecified atom stereocenters. The highest BCUT2D eigenvalue weighted by molar-refractivity contribution is 6.00. The molecule has 4 aromatic heterocycles. The lowest BCUT2D eigenvalue weighted by Crippen LogP contribution is -2.44. The van der Waals surface area contributed by atoms with Crippen LogP contribution in [-0.4, -0.2) is 73.3 Å². The number of nitrogens with zero attached hydrogens (tertiary/aromatic N) is 7. The zero-order chi connectivity index (χ0) is 24.9. The van der Waals surface area contributed by atoms with Crippen molar-refractivity contribution in [2.24, 2.45) is 7.05 Å². The van der Waals surface area contributed by atoms with E-state index in [4.69, 9.17) is 4.98 Å². The number of anilines is 1. The fraction of sp³-hybridized carbons (Fsp3) is 0.400. The summed E-state index contributed by atoms with van der Waals surface area (Å²) in [5, 5.41) is 9.65. The maximum atomic E-state index is 13.3. The average molecular weight is 476 g/mol. The zero-order valence-electron chi connectivity index (χ0n) is 20.3. The lowest BCUT2D eigenvalue weighted by atomic mass is 10.0. The van der Waals surface area contributed by atoms with E-state index < -0.39 is 6.10 Å². The van der Waals surface area contributed by atoms with Crippen molar-refractivity contribution in [3.63, 3.8) is 0 Å². The number of imidazole rings is 1. The second kappa shape index (κ2) is 8.77. The summed E-state index contributed by atoms with van der Waals surface area (Å²) in [6.45, 7) is 2.46. The van der Waals surface area contributed by atoms with Crippen LogP contribution in [0.1, 0.15) is 25.8 Å². The van der Waals surface area contributed by atoms with E-state index in [0.29, 0.717) is 37.0 Å². The molecule has 35 heavy (non-hydrogen) atoms. The van der Waals surface area contributed by atoms with E-state index in [0.717, 1.165) is 28.1 Å². The monoisotopic (exact) mass is 475 g/mol. The van der Waals surface area contributed by atoms with Crippen molar-refractivity contribution in [1.82, 2.24) is 29.0 Å². The first-order valence-electron chi connectivity index (χ1n) is 11.7. The van der Waals surface area contributed by atoms with Gasteiger partial charge < -0.3 is 14.9 Å². The molecule has 1 aliphatic rings. The van der Waals surface area contributed by atoms with Gasteiger partial charge in [-0.1, -0.05) is 0 Å². The number of pyridine rings is 3. The van der Waals surface area contributed by atoms with Crippen LogP contribution in [0.15, 0.2) is 41.5 Å². The maximum absolute atomic E-state index is 13.3. The Kier molecular flexibility index (Phi) is 5.76. The van der Waals surface area contributed by atoms with E-state index in [9.17, 15) is 14.7 Å². The first-order chi connectivity index (χ1) is 16.8. The number of aliphatic hydroxyl groups is 1. The quantitative estimate of drug-likeness (QED) is 0.480. The smallest absolute Gasteiger partial charge is 0.329 e. The Labute approximate surface area is 202 Å². The Hall–Kier alpha value is -3.79. The molecule has 4 aromatic rings. The summed E-state index contributed by atoms with van der Waals surface area (Å²) in [5.41, 5.74) is 4.35. The molecule has 5 rings (SSSR count). The SMILES string of the molecule is C[C@@H](O)C(=O)N1CCC(n2c(=O)n(C)c3cnc4ccc(-c5ccc(N(C)C)nc5)nc4c32)CC1. The summed E-state index contributed by atoms with van der Waals surface area (Å²) in [7, 11) is 5.63. The summed E-state index contributed by atoms with van der Waals surface area (Å²) in [6.07, 6.45) is 3.74. The minimum atomic E-state index is -1.02. The van der Waals surface area contributed by atoms with Crippen LogP contribution in [0.4, 0.5) is 5.82 Å². The summed E-state index contributed by atoms with van der Waals surface area (Å²) in [5.74, 6) is 0.583. The number of fused-ring (bicyclic) bond motifs is 3. The molecule has 0 bridgehead atoms. The third-order valence-electron chi connectivity index (χ3n) is 6.76. The van der Waals surface area contributed by atoms with Gasteiger partial charge in [0, 0.05) is 52.0 Å². The number of hydrogen-bond acceptors (Lipinski definition) is 7. The molecule has 0 spiro atoms. The van der Waals surface area contributed by atoms with Crippen LogP contribution < -0.4 is 10.6 Å². The van der Waals surface area contributed by atoms with E-state index in [1.807, 2.05) is 47.8 Å². The topological polar surface area (TPSA) is 109 Å². The fourth-order valence-corrected chi connectivity index (χ4v) is 4.80. The highest BCUT2D eigenvalue weighted by Crippen LogP contribution is 2.30. The van der Waals surface area contributed by atoms with Crippen molar-refractivity contribution in [2.75, 3.05) is 32.1 Å². The number of carbonyl (C=O) groups excluding carboxylic acids is 1. The summed E-state index contributed by atoms with van der Waals surface area (Å²) in [4.78, 5) is 43.2. The second-order valence-corrected chi connectivity index (χ2v) is 9.30. The molecule has 1 aliphatic heterocycles. The van der Waals surface area contributed by atoms with Gasteiger partial charge in [-0.3, -0.25) is 18.9 Å². The number of likely N-dealkylation sites (tertiary alicyclic amines) is 1. The third-order valence-corrected chi connectivity index (χ3v) is 6.76. The van der Waals surface area contributed by atoms with Gasteiger partial charge in [0.25, 0.3) is 5.91 Å². The molecule has 5 heterocycles. The molecule has 10 heteroatoms. The minimum absolute atomic E-state index is 0.0821. The van der Waals surface area contributed by atoms with E-state index in [1.54, 1.807) is 28.9 Å². The number of amides is 1. The predicted octanol–water partition coefficient (Wildman–Crippen LogP) is 1.96. The molecule has 1 amide bonds. The van der Waals surface area contributed by atoms with Crippen LogP contribution in [0.5, 0.6) is 0 Å². The molecule has 182 valence electrons. The number of carbonyl (C=O) groups is 1. The highest BCUT2D eigenvalue weighted by atomic mass is 16.3. The normalized spacial score (nSPS) is 15.6. The van der Waals surface area contributed by atoms with Crippen LogP contribution in [0.3, 0.4) is 0 Å². The number of rotatable bonds is 4. The first-order valence-corrected chi connectivity index (χ1v) is 11.7. The Morgan fingerprint density at radius 2 is 1.86 bits per heavy atom. The van der Waals surface area contributed by atoms with E-state index in [2.05, 4.69) is 9.97 Å². The molecule has 1 fully saturated rings. The predicted molar refractivity (Wildman–Crippen MR) is 134 cm³/mol. The van der Waals surface area contributed by atoms with Crippen LogP contribution in [-0.2, 0) is 11.8 Å². The Morgan fingerprint density at radius 3 is 2.49 bits per heavy atom. The highest BCUT2D eigenvalue weighted by Gasteiger charge is 2.29. The van der Waals surface area contributed by atoms with Crippen LogP contribution >= 0.6 is 0 Å². The van der Waals surface area contributed by atoms with Crippen molar-refractivity contribution < 1.29 is 9.90 Å². The van der Waals surface area contributed by atoms with Gasteiger partial charge in [-0.2, -0.15) is 0 Å². The standard InChI is InChI=1S/C25H29N7O3/c1-15(33)24(34)31-11-9-17(10-12-31)32-23-20(30(4)25(32)35)14-26-19-7-6-18(28-22(19)23)16-5-8-21(27-13-16)29(2)3/h5-8,13-15,17,33H,9-12H2,1-4H3/t15-/m1/s1. The average Bonchev–Trinajstić information content (AvgIpc) is 3.13. The molecule has 0 aliphatic carbocycles. The van der Waals surface area contributed by atoms with Gasteiger partial charge in [0.1, 0.15) is 17.4 Å². The van der Waals surface area contributed by atoms with Crippen molar-refractivity contribution in [3.8, 4) is 11.3 Å². The third kappa shape index (κ3) is 3.93. The number of aryl methyl sites for hydroxylation is 1. The summed E-state index contributed by atoms with van der Waals surface area (Å²) < 4.78 is 3.42. The molecular weight excluding hydrogens is 446 g/mol. The van der Waals surface area contributed by atoms with Crippen LogP contribution in [0.25, 0.3) is 33.3 Å². The van der Waals surface area contributed by atoms with Gasteiger partial charge in [0.2, 0.25) is 0 Å². The molecule has 0 radical (unpaired) electrons. The maximum Gasteiger partial charge on any atom is 0.329 e. The fourth-order valence-electron chi connectivity index (χ4n) is 4.80. The van der Waals surface area contributed by atoms with E-state index >= 15 is 0 Å². The van der Waals surface area contributed by atoms with Gasteiger partial charge in [-0.05, 0) is 44.0 Å². The lowest BCUT2D eigenvalue weighted by molar-refractivity contribution is -0.140. The van der Waals surface area contributed by atoms with Crippen molar-refractivity contribution in [1.29, 1.82) is 0 Å². The van der Waals surface area contributed by atoms with Crippen molar-refractivity contribution >= 4 is 33.8 Å². The molecule has 10 nitrogen and oxygen atoms in total. The van der Waals surface area contributed by atoms with Gasteiger partial charge in [-0.15, -0.1) is 0 Å². The van der Waals surface area contributed by atoms with Crippen molar-refractivity contribution in [3.05, 3.63) is 47.1 Å². The Balaban J connectivity index is 1.60. The number of aliphatic hydroxyl groups excluding tert-OH is 1. The van der Waals surface area contributed by atoms with Gasteiger partial charge in [0.15, 0.2) is 0 Å². The Bertz CT molecular complexity index is 1460. The van der Waals surface area contributed by atoms with Gasteiger partial charge >= 0.3 is 5.69 Å².